The zero-order valence-electron chi connectivity index (χ0n) is 16.9. The average molecular weight is 495 g/mol. The lowest BCUT2D eigenvalue weighted by Crippen LogP contribution is -2.33. The normalized spacial score (nSPS) is 17.4. The van der Waals surface area contributed by atoms with E-state index in [4.69, 9.17) is 32.7 Å². The third kappa shape index (κ3) is 2.87. The van der Waals surface area contributed by atoms with E-state index in [-0.39, 0.29) is 45.2 Å². The summed E-state index contributed by atoms with van der Waals surface area (Å²) in [7, 11) is 0. The Morgan fingerprint density at radius 2 is 1.62 bits per heavy atom. The smallest absolute Gasteiger partial charge is 0.340 e. The van der Waals surface area contributed by atoms with Gasteiger partial charge in [0.15, 0.2) is 11.4 Å². The van der Waals surface area contributed by atoms with Crippen molar-refractivity contribution < 1.29 is 24.5 Å². The molecule has 34 heavy (non-hydrogen) atoms. The molecule has 0 aliphatic carbocycles. The number of anilines is 2. The Hall–Kier alpha value is -4.08. The van der Waals surface area contributed by atoms with Gasteiger partial charge in [-0.15, -0.1) is 0 Å². The third-order valence-electron chi connectivity index (χ3n) is 5.66. The number of hydrogen-bond donors (Lipinski definition) is 3. The summed E-state index contributed by atoms with van der Waals surface area (Å²) in [5, 5.41) is 23.4. The Morgan fingerprint density at radius 3 is 2.41 bits per heavy atom. The highest BCUT2D eigenvalue weighted by atomic mass is 35.5. The number of aromatic hydroxyl groups is 2. The summed E-state index contributed by atoms with van der Waals surface area (Å²) in [6, 6.07) is 14.6. The summed E-state index contributed by atoms with van der Waals surface area (Å²) in [4.78, 5) is 24.6. The monoisotopic (exact) mass is 494 g/mol. The van der Waals surface area contributed by atoms with Gasteiger partial charge in [0.1, 0.15) is 22.9 Å². The summed E-state index contributed by atoms with van der Waals surface area (Å²) < 4.78 is 12.2. The molecule has 1 unspecified atom stereocenters. The lowest BCUT2D eigenvalue weighted by molar-refractivity contribution is 0.0224. The van der Waals surface area contributed by atoms with Gasteiger partial charge >= 0.3 is 5.97 Å². The molecule has 4 aromatic rings. The van der Waals surface area contributed by atoms with Gasteiger partial charge in [-0.25, -0.2) is 4.79 Å². The fraction of sp³-hybridized carbons (Fsp3) is 0.0435. The SMILES string of the molecule is O=C1OC2(c3ccc(O)cc3Oc3c2ccc(O)c3Nc2nc(Cl)nc(Cl)n2)c2ccccc21. The number of hydrogen-bond acceptors (Lipinski definition) is 9. The second-order valence-corrected chi connectivity index (χ2v) is 8.23. The van der Waals surface area contributed by atoms with Crippen molar-refractivity contribution in [2.45, 2.75) is 5.60 Å². The molecule has 9 nitrogen and oxygen atoms in total. The highest BCUT2D eigenvalue weighted by Crippen LogP contribution is 2.59. The maximum Gasteiger partial charge on any atom is 0.340 e. The minimum absolute atomic E-state index is 0.0446. The number of rotatable bonds is 2. The number of carbonyl (C=O) groups is 1. The molecular weight excluding hydrogens is 483 g/mol. The van der Waals surface area contributed by atoms with Crippen molar-refractivity contribution in [2.75, 3.05) is 5.32 Å². The standard InChI is InChI=1S/C23H12Cl2N4O5/c24-20-27-21(25)29-22(28-20)26-17-15(31)8-7-14-18(17)33-16-9-10(30)5-6-13(16)23(14)12-4-2-1-3-11(12)19(32)34-23/h1-9,30-31H,(H,26,27,28,29). The first-order valence-corrected chi connectivity index (χ1v) is 10.7. The third-order valence-corrected chi connectivity index (χ3v) is 6.00. The van der Waals surface area contributed by atoms with Gasteiger partial charge in [-0.05, 0) is 53.5 Å². The van der Waals surface area contributed by atoms with E-state index < -0.39 is 11.6 Å². The molecular formula is C23H12Cl2N4O5. The first-order valence-electron chi connectivity index (χ1n) is 9.91. The second-order valence-electron chi connectivity index (χ2n) is 7.56. The molecule has 1 spiro atoms. The van der Waals surface area contributed by atoms with E-state index in [9.17, 15) is 15.0 Å². The van der Waals surface area contributed by atoms with Crippen LogP contribution in [0.4, 0.5) is 11.6 Å². The number of benzene rings is 3. The minimum Gasteiger partial charge on any atom is -0.508 e. The number of ether oxygens (including phenoxy) is 2. The Morgan fingerprint density at radius 1 is 0.882 bits per heavy atom. The molecule has 2 aliphatic rings. The fourth-order valence-electron chi connectivity index (χ4n) is 4.33. The van der Waals surface area contributed by atoms with Crippen LogP contribution in [-0.2, 0) is 10.3 Å². The molecule has 1 aromatic heterocycles. The largest absolute Gasteiger partial charge is 0.508 e. The number of phenolic OH excluding ortho intramolecular Hbond substituents is 2. The lowest BCUT2D eigenvalue weighted by Gasteiger charge is -2.37. The molecule has 11 heteroatoms. The molecule has 0 saturated carbocycles. The number of carbonyl (C=O) groups excluding carboxylic acids is 1. The van der Waals surface area contributed by atoms with E-state index in [2.05, 4.69) is 20.3 Å². The van der Waals surface area contributed by atoms with Crippen LogP contribution >= 0.6 is 23.2 Å². The van der Waals surface area contributed by atoms with Crippen LogP contribution in [0.1, 0.15) is 27.0 Å². The maximum absolute atomic E-state index is 12.9. The predicted molar refractivity (Wildman–Crippen MR) is 121 cm³/mol. The van der Waals surface area contributed by atoms with Crippen molar-refractivity contribution in [3.63, 3.8) is 0 Å². The molecule has 0 fully saturated rings. The molecule has 2 aliphatic heterocycles. The first kappa shape index (κ1) is 20.5. The summed E-state index contributed by atoms with van der Waals surface area (Å²) in [5.41, 5.74) is 0.634. The van der Waals surface area contributed by atoms with Crippen LogP contribution in [0.5, 0.6) is 23.0 Å². The summed E-state index contributed by atoms with van der Waals surface area (Å²) in [5.74, 6) is -0.450. The molecule has 3 aromatic carbocycles. The Balaban J connectivity index is 1.63. The highest BCUT2D eigenvalue weighted by Gasteiger charge is 2.54. The maximum atomic E-state index is 12.9. The number of fused-ring (bicyclic) bond motifs is 6. The number of phenols is 2. The van der Waals surface area contributed by atoms with Gasteiger partial charge in [-0.2, -0.15) is 15.0 Å². The van der Waals surface area contributed by atoms with Crippen LogP contribution in [0.3, 0.4) is 0 Å². The van der Waals surface area contributed by atoms with Crippen LogP contribution in [0, 0.1) is 0 Å². The van der Waals surface area contributed by atoms with Crippen molar-refractivity contribution in [1.29, 1.82) is 0 Å². The quantitative estimate of drug-likeness (QED) is 0.263. The van der Waals surface area contributed by atoms with E-state index in [1.165, 1.54) is 18.2 Å². The van der Waals surface area contributed by atoms with E-state index in [1.54, 1.807) is 36.4 Å². The molecule has 1 atom stereocenters. The minimum atomic E-state index is -1.39. The van der Waals surface area contributed by atoms with Gasteiger partial charge < -0.3 is 25.0 Å². The van der Waals surface area contributed by atoms with Gasteiger partial charge in [0.05, 0.1) is 11.1 Å². The van der Waals surface area contributed by atoms with E-state index in [1.807, 2.05) is 0 Å². The first-order chi connectivity index (χ1) is 16.4. The van der Waals surface area contributed by atoms with Crippen molar-refractivity contribution in [3.8, 4) is 23.0 Å². The van der Waals surface area contributed by atoms with Crippen LogP contribution in [-0.4, -0.2) is 31.1 Å². The van der Waals surface area contributed by atoms with E-state index >= 15 is 0 Å². The number of halogens is 2. The fourth-order valence-corrected chi connectivity index (χ4v) is 4.69. The van der Waals surface area contributed by atoms with E-state index in [0.29, 0.717) is 22.3 Å². The molecule has 0 bridgehead atoms. The predicted octanol–water partition coefficient (Wildman–Crippen LogP) is 4.90. The van der Waals surface area contributed by atoms with E-state index in [0.717, 1.165) is 0 Å². The molecule has 3 N–H and O–H groups in total. The highest BCUT2D eigenvalue weighted by molar-refractivity contribution is 6.31. The molecule has 0 radical (unpaired) electrons. The molecule has 168 valence electrons. The van der Waals surface area contributed by atoms with Crippen LogP contribution < -0.4 is 10.1 Å². The summed E-state index contributed by atoms with van der Waals surface area (Å²) in [6.45, 7) is 0. The van der Waals surface area contributed by atoms with Gasteiger partial charge in [0.25, 0.3) is 0 Å². The second kappa shape index (κ2) is 7.21. The zero-order valence-corrected chi connectivity index (χ0v) is 18.4. The molecule has 0 amide bonds. The Labute approximate surface area is 201 Å². The number of esters is 1. The van der Waals surface area contributed by atoms with Crippen molar-refractivity contribution in [2.24, 2.45) is 0 Å². The molecule has 0 saturated heterocycles. The Kier molecular flexibility index (Phi) is 4.35. The number of nitrogens with zero attached hydrogens (tertiary/aromatic N) is 3. The lowest BCUT2D eigenvalue weighted by atomic mass is 9.77. The van der Waals surface area contributed by atoms with Crippen LogP contribution in [0.25, 0.3) is 0 Å². The van der Waals surface area contributed by atoms with Crippen LogP contribution in [0.15, 0.2) is 54.6 Å². The Bertz CT molecular complexity index is 1510. The van der Waals surface area contributed by atoms with Crippen molar-refractivity contribution in [3.05, 3.63) is 87.4 Å². The topological polar surface area (TPSA) is 127 Å². The van der Waals surface area contributed by atoms with Crippen LogP contribution in [0.2, 0.25) is 10.6 Å². The van der Waals surface area contributed by atoms with Gasteiger partial charge in [-0.3, -0.25) is 0 Å². The van der Waals surface area contributed by atoms with Gasteiger partial charge in [0, 0.05) is 17.2 Å². The van der Waals surface area contributed by atoms with Gasteiger partial charge in [0.2, 0.25) is 16.5 Å². The number of aromatic nitrogens is 3. The van der Waals surface area contributed by atoms with Crippen molar-refractivity contribution in [1.82, 2.24) is 15.0 Å². The average Bonchev–Trinajstić information content (AvgIpc) is 3.08. The molecule has 3 heterocycles. The summed E-state index contributed by atoms with van der Waals surface area (Å²) in [6.07, 6.45) is 0. The molecule has 6 rings (SSSR count). The van der Waals surface area contributed by atoms with Gasteiger partial charge in [-0.1, -0.05) is 18.2 Å². The summed E-state index contributed by atoms with van der Waals surface area (Å²) >= 11 is 11.8. The van der Waals surface area contributed by atoms with Crippen molar-refractivity contribution >= 4 is 40.8 Å². The number of nitrogens with one attached hydrogen (secondary N) is 1. The zero-order chi connectivity index (χ0) is 23.6.